The van der Waals surface area contributed by atoms with Crippen LogP contribution in [0, 0.1) is 0 Å². The van der Waals surface area contributed by atoms with E-state index in [1.165, 1.54) is 12.8 Å². The van der Waals surface area contributed by atoms with Crippen molar-refractivity contribution in [3.63, 3.8) is 0 Å². The van der Waals surface area contributed by atoms with Crippen molar-refractivity contribution in [3.8, 4) is 11.5 Å². The molecule has 0 aliphatic carbocycles. The molecular weight excluding hydrogens is 314 g/mol. The van der Waals surface area contributed by atoms with Crippen molar-refractivity contribution in [2.45, 2.75) is 39.0 Å². The Morgan fingerprint density at radius 1 is 0.840 bits per heavy atom. The summed E-state index contributed by atoms with van der Waals surface area (Å²) in [6, 6.07) is 17.1. The summed E-state index contributed by atoms with van der Waals surface area (Å²) in [4.78, 5) is 11.8. The fourth-order valence-electron chi connectivity index (χ4n) is 2.41. The van der Waals surface area contributed by atoms with Gasteiger partial charge in [-0.2, -0.15) is 0 Å². The van der Waals surface area contributed by atoms with Crippen molar-refractivity contribution in [3.05, 3.63) is 54.6 Å². The molecular formula is C21H27NO3. The monoisotopic (exact) mass is 341 g/mol. The van der Waals surface area contributed by atoms with Crippen LogP contribution in [0.3, 0.4) is 0 Å². The first-order valence-corrected chi connectivity index (χ1v) is 8.98. The number of hydrogen-bond acceptors (Lipinski definition) is 3. The predicted octanol–water partition coefficient (Wildman–Crippen LogP) is 5.05. The number of anilines is 1. The van der Waals surface area contributed by atoms with Gasteiger partial charge in [0.2, 0.25) is 5.91 Å². The Labute approximate surface area is 150 Å². The molecule has 0 heterocycles. The Morgan fingerprint density at radius 3 is 2.12 bits per heavy atom. The van der Waals surface area contributed by atoms with Crippen molar-refractivity contribution in [1.29, 1.82) is 0 Å². The minimum Gasteiger partial charge on any atom is -0.490 e. The van der Waals surface area contributed by atoms with Crippen molar-refractivity contribution in [2.75, 3.05) is 18.5 Å². The molecule has 1 amide bonds. The van der Waals surface area contributed by atoms with Crippen molar-refractivity contribution < 1.29 is 14.3 Å². The Kier molecular flexibility index (Phi) is 8.39. The number of amides is 1. The van der Waals surface area contributed by atoms with Gasteiger partial charge in [-0.3, -0.25) is 4.79 Å². The molecule has 0 fully saturated rings. The van der Waals surface area contributed by atoms with Gasteiger partial charge < -0.3 is 14.8 Å². The van der Waals surface area contributed by atoms with E-state index < -0.39 is 0 Å². The average molecular weight is 341 g/mol. The standard InChI is InChI=1S/C21H27NO3/c1-2-3-4-8-11-21(23)22-18-12-14-20(15-13-18)25-17-16-24-19-9-6-5-7-10-19/h5-7,9-10,12-15H,2-4,8,11,16-17H2,1H3,(H,22,23). The summed E-state index contributed by atoms with van der Waals surface area (Å²) in [6.07, 6.45) is 5.01. The van der Waals surface area contributed by atoms with E-state index in [9.17, 15) is 4.79 Å². The molecule has 0 aliphatic heterocycles. The summed E-state index contributed by atoms with van der Waals surface area (Å²) in [5.74, 6) is 1.67. The fraction of sp³-hybridized carbons (Fsp3) is 0.381. The number of para-hydroxylation sites is 1. The van der Waals surface area contributed by atoms with Crippen LogP contribution < -0.4 is 14.8 Å². The molecule has 0 aromatic heterocycles. The summed E-state index contributed by atoms with van der Waals surface area (Å²) >= 11 is 0. The van der Waals surface area contributed by atoms with Crippen LogP contribution in [0.15, 0.2) is 54.6 Å². The molecule has 2 aromatic carbocycles. The van der Waals surface area contributed by atoms with Gasteiger partial charge in [-0.05, 0) is 42.8 Å². The molecule has 2 rings (SSSR count). The quantitative estimate of drug-likeness (QED) is 0.582. The van der Waals surface area contributed by atoms with Gasteiger partial charge in [-0.15, -0.1) is 0 Å². The van der Waals surface area contributed by atoms with Gasteiger partial charge in [0, 0.05) is 12.1 Å². The molecule has 0 radical (unpaired) electrons. The first kappa shape index (κ1) is 18.8. The SMILES string of the molecule is CCCCCCC(=O)Nc1ccc(OCCOc2ccccc2)cc1. The number of unbranched alkanes of at least 4 members (excludes halogenated alkanes) is 3. The van der Waals surface area contributed by atoms with Crippen LogP contribution in [-0.4, -0.2) is 19.1 Å². The maximum absolute atomic E-state index is 11.8. The van der Waals surface area contributed by atoms with Gasteiger partial charge in [-0.1, -0.05) is 44.4 Å². The van der Waals surface area contributed by atoms with E-state index in [4.69, 9.17) is 9.47 Å². The molecule has 2 aromatic rings. The van der Waals surface area contributed by atoms with Gasteiger partial charge in [0.1, 0.15) is 24.7 Å². The van der Waals surface area contributed by atoms with Crippen LogP contribution in [0.2, 0.25) is 0 Å². The summed E-state index contributed by atoms with van der Waals surface area (Å²) in [7, 11) is 0. The summed E-state index contributed by atoms with van der Waals surface area (Å²) in [5, 5.41) is 2.92. The van der Waals surface area contributed by atoms with Crippen LogP contribution >= 0.6 is 0 Å². The lowest BCUT2D eigenvalue weighted by atomic mass is 10.1. The number of carbonyl (C=O) groups excluding carboxylic acids is 1. The highest BCUT2D eigenvalue weighted by atomic mass is 16.5. The Bertz CT molecular complexity index is 611. The third-order valence-corrected chi connectivity index (χ3v) is 3.76. The predicted molar refractivity (Wildman–Crippen MR) is 101 cm³/mol. The molecule has 1 N–H and O–H groups in total. The highest BCUT2D eigenvalue weighted by molar-refractivity contribution is 5.90. The van der Waals surface area contributed by atoms with Crippen LogP contribution in [0.5, 0.6) is 11.5 Å². The van der Waals surface area contributed by atoms with Crippen LogP contribution in [-0.2, 0) is 4.79 Å². The second kappa shape index (κ2) is 11.1. The van der Waals surface area contributed by atoms with Gasteiger partial charge in [-0.25, -0.2) is 0 Å². The number of rotatable bonds is 11. The van der Waals surface area contributed by atoms with E-state index >= 15 is 0 Å². The molecule has 0 bridgehead atoms. The number of ether oxygens (including phenoxy) is 2. The molecule has 0 saturated carbocycles. The molecule has 4 nitrogen and oxygen atoms in total. The van der Waals surface area contributed by atoms with Crippen molar-refractivity contribution in [1.82, 2.24) is 0 Å². The van der Waals surface area contributed by atoms with Crippen molar-refractivity contribution in [2.24, 2.45) is 0 Å². The molecule has 4 heteroatoms. The first-order valence-electron chi connectivity index (χ1n) is 8.98. The van der Waals surface area contributed by atoms with E-state index in [0.717, 1.165) is 30.0 Å². The lowest BCUT2D eigenvalue weighted by Crippen LogP contribution is -2.11. The average Bonchev–Trinajstić information content (AvgIpc) is 2.65. The number of hydrogen-bond donors (Lipinski definition) is 1. The Morgan fingerprint density at radius 2 is 1.48 bits per heavy atom. The van der Waals surface area contributed by atoms with Gasteiger partial charge in [0.25, 0.3) is 0 Å². The second-order valence-corrected chi connectivity index (χ2v) is 5.89. The van der Waals surface area contributed by atoms with Crippen LogP contribution in [0.1, 0.15) is 39.0 Å². The van der Waals surface area contributed by atoms with E-state index in [1.54, 1.807) is 0 Å². The molecule has 25 heavy (non-hydrogen) atoms. The molecule has 0 atom stereocenters. The second-order valence-electron chi connectivity index (χ2n) is 5.89. The van der Waals surface area contributed by atoms with E-state index in [0.29, 0.717) is 19.6 Å². The lowest BCUT2D eigenvalue weighted by molar-refractivity contribution is -0.116. The van der Waals surface area contributed by atoms with E-state index in [1.807, 2.05) is 54.6 Å². The third-order valence-electron chi connectivity index (χ3n) is 3.76. The zero-order valence-corrected chi connectivity index (χ0v) is 14.9. The molecule has 0 saturated heterocycles. The number of carbonyl (C=O) groups is 1. The van der Waals surface area contributed by atoms with Gasteiger partial charge >= 0.3 is 0 Å². The third kappa shape index (κ3) is 7.75. The van der Waals surface area contributed by atoms with Crippen LogP contribution in [0.4, 0.5) is 5.69 Å². The van der Waals surface area contributed by atoms with Gasteiger partial charge in [0.05, 0.1) is 0 Å². The highest BCUT2D eigenvalue weighted by Crippen LogP contribution is 2.16. The molecule has 0 spiro atoms. The summed E-state index contributed by atoms with van der Waals surface area (Å²) in [5.41, 5.74) is 0.799. The first-order chi connectivity index (χ1) is 12.3. The summed E-state index contributed by atoms with van der Waals surface area (Å²) in [6.45, 7) is 3.12. The maximum atomic E-state index is 11.8. The normalized spacial score (nSPS) is 10.3. The highest BCUT2D eigenvalue weighted by Gasteiger charge is 2.02. The zero-order valence-electron chi connectivity index (χ0n) is 14.9. The van der Waals surface area contributed by atoms with E-state index in [-0.39, 0.29) is 5.91 Å². The maximum Gasteiger partial charge on any atom is 0.224 e. The Hall–Kier alpha value is -2.49. The lowest BCUT2D eigenvalue weighted by Gasteiger charge is -2.09. The van der Waals surface area contributed by atoms with Crippen LogP contribution in [0.25, 0.3) is 0 Å². The minimum atomic E-state index is 0.0704. The minimum absolute atomic E-state index is 0.0704. The smallest absolute Gasteiger partial charge is 0.224 e. The largest absolute Gasteiger partial charge is 0.490 e. The topological polar surface area (TPSA) is 47.6 Å². The van der Waals surface area contributed by atoms with E-state index in [2.05, 4.69) is 12.2 Å². The molecule has 134 valence electrons. The fourth-order valence-corrected chi connectivity index (χ4v) is 2.41. The number of benzene rings is 2. The summed E-state index contributed by atoms with van der Waals surface area (Å²) < 4.78 is 11.2. The van der Waals surface area contributed by atoms with Gasteiger partial charge in [0.15, 0.2) is 0 Å². The molecule has 0 aliphatic rings. The molecule has 0 unspecified atom stereocenters. The zero-order chi connectivity index (χ0) is 17.7. The number of nitrogens with one attached hydrogen (secondary N) is 1. The Balaban J connectivity index is 1.64. The van der Waals surface area contributed by atoms with Crippen molar-refractivity contribution >= 4 is 11.6 Å².